The molecule has 0 N–H and O–H groups in total. The number of alkyl halides is 1. The van der Waals surface area contributed by atoms with Crippen LogP contribution in [-0.2, 0) is 6.54 Å². The average Bonchev–Trinajstić information content (AvgIpc) is 2.69. The molecule has 0 heterocycles. The highest BCUT2D eigenvalue weighted by Gasteiger charge is 2.28. The normalized spacial score (nSPS) is 12.3. The van der Waals surface area contributed by atoms with E-state index in [0.29, 0.717) is 0 Å². The molecule has 0 aliphatic rings. The molecule has 3 aromatic carbocycles. The van der Waals surface area contributed by atoms with Crippen molar-refractivity contribution in [3.05, 3.63) is 90.5 Å². The van der Waals surface area contributed by atoms with Gasteiger partial charge in [-0.2, -0.15) is 0 Å². The topological polar surface area (TPSA) is 0 Å². The predicted octanol–water partition coefficient (Wildman–Crippen LogP) is 4.25. The summed E-state index contributed by atoms with van der Waals surface area (Å²) in [5.74, 6) is 0. The molecule has 5 heteroatoms. The highest BCUT2D eigenvalue weighted by molar-refractivity contribution is 9.58. The molecule has 0 bridgehead atoms. The number of hydrogen-bond donors (Lipinski definition) is 0. The Morgan fingerprint density at radius 3 is 1.57 bits per heavy atom. The van der Waals surface area contributed by atoms with Crippen LogP contribution < -0.4 is 17.0 Å². The van der Waals surface area contributed by atoms with Crippen LogP contribution in [0.3, 0.4) is 0 Å². The van der Waals surface area contributed by atoms with Gasteiger partial charge in [0.1, 0.15) is 6.54 Å². The van der Waals surface area contributed by atoms with Crippen molar-refractivity contribution >= 4 is 39.2 Å². The Balaban J connectivity index is 0.00000280. The van der Waals surface area contributed by atoms with Crippen molar-refractivity contribution in [1.82, 2.24) is 0 Å². The summed E-state index contributed by atoms with van der Waals surface area (Å²) in [6.45, 7) is 2.15. The van der Waals surface area contributed by atoms with Crippen LogP contribution in [0.2, 0.25) is 0 Å². The molecular formula is C23H26Br3NS. The van der Waals surface area contributed by atoms with Gasteiger partial charge in [0.05, 0.1) is 26.0 Å². The Morgan fingerprint density at radius 2 is 1.14 bits per heavy atom. The van der Waals surface area contributed by atoms with E-state index in [4.69, 9.17) is 0 Å². The predicted molar refractivity (Wildman–Crippen MR) is 125 cm³/mol. The largest absolute Gasteiger partial charge is 1.00 e. The SMILES string of the molecule is C[N+](C)(CCBr)Cc1ccc(S(Br)(c2ccccc2)c2ccccc2)cc1.[Br-]. The Morgan fingerprint density at radius 1 is 0.714 bits per heavy atom. The Bertz CT molecular complexity index is 813. The van der Waals surface area contributed by atoms with Crippen LogP contribution in [0.5, 0.6) is 0 Å². The summed E-state index contributed by atoms with van der Waals surface area (Å²) in [6, 6.07) is 30.7. The highest BCUT2D eigenvalue weighted by atomic mass is 79.9. The van der Waals surface area contributed by atoms with E-state index in [0.717, 1.165) is 22.9 Å². The van der Waals surface area contributed by atoms with Gasteiger partial charge in [-0.25, -0.2) is 0 Å². The van der Waals surface area contributed by atoms with Crippen molar-refractivity contribution in [2.24, 2.45) is 0 Å². The Kier molecular flexibility index (Phi) is 8.83. The summed E-state index contributed by atoms with van der Waals surface area (Å²) in [5, 5.41) is 1.02. The number of rotatable bonds is 7. The van der Waals surface area contributed by atoms with E-state index in [1.54, 1.807) is 0 Å². The molecule has 0 aromatic heterocycles. The lowest BCUT2D eigenvalue weighted by Crippen LogP contribution is -3.00. The smallest absolute Gasteiger partial charge is 0.104 e. The zero-order valence-electron chi connectivity index (χ0n) is 16.2. The fourth-order valence-corrected chi connectivity index (χ4v) is 8.50. The molecule has 28 heavy (non-hydrogen) atoms. The maximum atomic E-state index is 4.19. The van der Waals surface area contributed by atoms with Gasteiger partial charge in [-0.05, 0) is 51.2 Å². The van der Waals surface area contributed by atoms with E-state index in [-0.39, 0.29) is 17.0 Å². The minimum absolute atomic E-state index is 0. The maximum absolute atomic E-state index is 4.19. The molecule has 0 unspecified atom stereocenters. The van der Waals surface area contributed by atoms with Gasteiger partial charge >= 0.3 is 0 Å². The first-order valence-corrected chi connectivity index (χ1v) is 13.7. The molecule has 150 valence electrons. The minimum Gasteiger partial charge on any atom is -1.00 e. The van der Waals surface area contributed by atoms with E-state index in [1.165, 1.54) is 20.2 Å². The van der Waals surface area contributed by atoms with Crippen molar-refractivity contribution in [3.63, 3.8) is 0 Å². The first-order valence-electron chi connectivity index (χ1n) is 9.06. The highest BCUT2D eigenvalue weighted by Crippen LogP contribution is 2.73. The zero-order chi connectivity index (χ0) is 19.3. The van der Waals surface area contributed by atoms with Crippen LogP contribution in [0, 0.1) is 0 Å². The van der Waals surface area contributed by atoms with Crippen LogP contribution in [-0.4, -0.2) is 30.5 Å². The van der Waals surface area contributed by atoms with Crippen molar-refractivity contribution in [3.8, 4) is 0 Å². The maximum Gasteiger partial charge on any atom is 0.104 e. The number of hydrogen-bond acceptors (Lipinski definition) is 0. The summed E-state index contributed by atoms with van der Waals surface area (Å²) >= 11 is 7.76. The van der Waals surface area contributed by atoms with Gasteiger partial charge in [-0.3, -0.25) is 0 Å². The Hall–Kier alpha value is -0.590. The van der Waals surface area contributed by atoms with E-state index in [2.05, 4.69) is 130 Å². The van der Waals surface area contributed by atoms with Crippen LogP contribution in [0.4, 0.5) is 0 Å². The van der Waals surface area contributed by atoms with E-state index in [1.807, 2.05) is 0 Å². The third-order valence-corrected chi connectivity index (χ3v) is 11.2. The molecule has 0 atom stereocenters. The van der Waals surface area contributed by atoms with E-state index < -0.39 is 8.46 Å². The molecule has 0 saturated heterocycles. The molecule has 3 aromatic rings. The summed E-state index contributed by atoms with van der Waals surface area (Å²) in [6.07, 6.45) is 0. The summed E-state index contributed by atoms with van der Waals surface area (Å²) in [4.78, 5) is 3.97. The molecular weight excluding hydrogens is 562 g/mol. The van der Waals surface area contributed by atoms with Crippen LogP contribution in [0.1, 0.15) is 5.56 Å². The molecule has 0 amide bonds. The second kappa shape index (κ2) is 10.4. The van der Waals surface area contributed by atoms with Gasteiger partial charge in [-0.1, -0.05) is 64.5 Å². The van der Waals surface area contributed by atoms with E-state index in [9.17, 15) is 0 Å². The quantitative estimate of drug-likeness (QED) is 0.286. The van der Waals surface area contributed by atoms with Crippen LogP contribution in [0.25, 0.3) is 0 Å². The van der Waals surface area contributed by atoms with Gasteiger partial charge in [-0.15, -0.1) is 8.46 Å². The Labute approximate surface area is 197 Å². The zero-order valence-corrected chi connectivity index (χ0v) is 21.8. The standard InChI is InChI=1S/C23H26Br2NS.BrH/c1-26(2,18-17-24)19-20-13-15-23(16-14-20)27(25,21-9-5-3-6-10-21)22-11-7-4-8-12-22;/h3-16H,17-19H2,1-2H3;1H/q+1;/p-1. The average molecular weight is 588 g/mol. The molecule has 1 nitrogen and oxygen atoms in total. The van der Waals surface area contributed by atoms with Gasteiger partial charge in [0.25, 0.3) is 0 Å². The number of benzene rings is 3. The molecule has 3 rings (SSSR count). The lowest BCUT2D eigenvalue weighted by molar-refractivity contribution is -0.901. The van der Waals surface area contributed by atoms with Crippen molar-refractivity contribution in [1.29, 1.82) is 0 Å². The number of quaternary nitrogens is 1. The van der Waals surface area contributed by atoms with Crippen molar-refractivity contribution < 1.29 is 21.5 Å². The molecule has 0 aliphatic heterocycles. The second-order valence-electron chi connectivity index (χ2n) is 7.31. The van der Waals surface area contributed by atoms with Crippen LogP contribution >= 0.6 is 39.2 Å². The summed E-state index contributed by atoms with van der Waals surface area (Å²) in [5.41, 5.74) is 1.38. The van der Waals surface area contributed by atoms with Crippen LogP contribution in [0.15, 0.2) is 99.6 Å². The number of nitrogens with zero attached hydrogens (tertiary/aromatic N) is 1. The fourth-order valence-electron chi connectivity index (χ4n) is 3.21. The fraction of sp³-hybridized carbons (Fsp3) is 0.217. The third-order valence-electron chi connectivity index (χ3n) is 4.68. The van der Waals surface area contributed by atoms with E-state index >= 15 is 0 Å². The molecule has 0 fully saturated rings. The van der Waals surface area contributed by atoms with Crippen molar-refractivity contribution in [2.45, 2.75) is 21.2 Å². The lowest BCUT2D eigenvalue weighted by Gasteiger charge is -2.35. The molecule has 0 spiro atoms. The van der Waals surface area contributed by atoms with Gasteiger partial charge in [0.15, 0.2) is 0 Å². The van der Waals surface area contributed by atoms with Crippen molar-refractivity contribution in [2.75, 3.05) is 26.0 Å². The van der Waals surface area contributed by atoms with Gasteiger partial charge in [0.2, 0.25) is 0 Å². The van der Waals surface area contributed by atoms with Gasteiger partial charge < -0.3 is 21.5 Å². The van der Waals surface area contributed by atoms with Gasteiger partial charge in [0, 0.05) is 20.2 Å². The molecule has 0 aliphatic carbocycles. The first kappa shape index (κ1) is 23.7. The monoisotopic (exact) mass is 585 g/mol. The lowest BCUT2D eigenvalue weighted by atomic mass is 10.2. The minimum atomic E-state index is -1.45. The molecule has 0 radical (unpaired) electrons. The number of halogens is 3. The third kappa shape index (κ3) is 5.51. The second-order valence-corrected chi connectivity index (χ2v) is 13.5. The first-order chi connectivity index (χ1) is 13.0. The summed E-state index contributed by atoms with van der Waals surface area (Å²) in [7, 11) is 3.12. The summed E-state index contributed by atoms with van der Waals surface area (Å²) < 4.78 is 0.980. The molecule has 0 saturated carbocycles.